The number of hydrogen-bond acceptors (Lipinski definition) is 4. The molecule has 1 fully saturated rings. The van der Waals surface area contributed by atoms with Crippen LogP contribution in [0.1, 0.15) is 26.2 Å². The Morgan fingerprint density at radius 3 is 2.82 bits per heavy atom. The zero-order valence-corrected chi connectivity index (χ0v) is 13.0. The number of nitrogens with one attached hydrogen (secondary N) is 1. The Bertz CT molecular complexity index is 533. The first-order chi connectivity index (χ1) is 10.7. The minimum atomic E-state index is -0.511. The van der Waals surface area contributed by atoms with Crippen molar-refractivity contribution < 1.29 is 19.1 Å². The summed E-state index contributed by atoms with van der Waals surface area (Å²) in [5, 5.41) is 2.81. The monoisotopic (exact) mass is 306 g/mol. The molecule has 1 aromatic rings. The first-order valence-electron chi connectivity index (χ1n) is 7.54. The third-order valence-electron chi connectivity index (χ3n) is 3.67. The summed E-state index contributed by atoms with van der Waals surface area (Å²) in [4.78, 5) is 26.1. The van der Waals surface area contributed by atoms with Crippen LogP contribution in [-0.2, 0) is 9.53 Å². The van der Waals surface area contributed by atoms with Gasteiger partial charge in [0.15, 0.2) is 0 Å². The Balaban J connectivity index is 2.10. The third kappa shape index (κ3) is 3.69. The number of esters is 1. The van der Waals surface area contributed by atoms with E-state index < -0.39 is 6.04 Å². The SMILES string of the molecule is CCOC(=O)C1CCCCN1C(=O)Nc1ccccc1OC. The van der Waals surface area contributed by atoms with E-state index in [0.29, 0.717) is 31.0 Å². The van der Waals surface area contributed by atoms with Gasteiger partial charge < -0.3 is 19.7 Å². The Kier molecular flexibility index (Phi) is 5.63. The fourth-order valence-corrected chi connectivity index (χ4v) is 2.59. The van der Waals surface area contributed by atoms with E-state index >= 15 is 0 Å². The molecule has 2 amide bonds. The second-order valence-electron chi connectivity index (χ2n) is 5.09. The van der Waals surface area contributed by atoms with Gasteiger partial charge in [0.2, 0.25) is 0 Å². The predicted octanol–water partition coefficient (Wildman–Crippen LogP) is 2.64. The molecule has 0 radical (unpaired) electrons. The largest absolute Gasteiger partial charge is 0.495 e. The summed E-state index contributed by atoms with van der Waals surface area (Å²) in [5.41, 5.74) is 0.586. The van der Waals surface area contributed by atoms with Crippen molar-refractivity contribution in [1.82, 2.24) is 4.90 Å². The molecule has 1 aliphatic rings. The van der Waals surface area contributed by atoms with Gasteiger partial charge in [0.25, 0.3) is 0 Å². The van der Waals surface area contributed by atoms with Crippen LogP contribution in [0.15, 0.2) is 24.3 Å². The number of rotatable bonds is 4. The lowest BCUT2D eigenvalue weighted by Gasteiger charge is -2.34. The van der Waals surface area contributed by atoms with Crippen molar-refractivity contribution in [3.63, 3.8) is 0 Å². The Morgan fingerprint density at radius 1 is 1.32 bits per heavy atom. The number of anilines is 1. The highest BCUT2D eigenvalue weighted by atomic mass is 16.5. The summed E-state index contributed by atoms with van der Waals surface area (Å²) in [7, 11) is 1.55. The number of para-hydroxylation sites is 2. The van der Waals surface area contributed by atoms with Gasteiger partial charge in [-0.2, -0.15) is 0 Å². The van der Waals surface area contributed by atoms with Crippen LogP contribution in [0.4, 0.5) is 10.5 Å². The van der Waals surface area contributed by atoms with Crippen molar-refractivity contribution >= 4 is 17.7 Å². The predicted molar refractivity (Wildman–Crippen MR) is 83.0 cm³/mol. The van der Waals surface area contributed by atoms with Crippen LogP contribution in [0, 0.1) is 0 Å². The molecule has 1 N–H and O–H groups in total. The van der Waals surface area contributed by atoms with Gasteiger partial charge in [-0.15, -0.1) is 0 Å². The average molecular weight is 306 g/mol. The van der Waals surface area contributed by atoms with Crippen LogP contribution in [0.5, 0.6) is 5.75 Å². The van der Waals surface area contributed by atoms with E-state index in [1.165, 1.54) is 0 Å². The lowest BCUT2D eigenvalue weighted by Crippen LogP contribution is -2.50. The van der Waals surface area contributed by atoms with Crippen LogP contribution in [0.2, 0.25) is 0 Å². The van der Waals surface area contributed by atoms with Crippen LogP contribution in [0.25, 0.3) is 0 Å². The Morgan fingerprint density at radius 2 is 2.09 bits per heavy atom. The summed E-state index contributed by atoms with van der Waals surface area (Å²) < 4.78 is 10.3. The summed E-state index contributed by atoms with van der Waals surface area (Å²) >= 11 is 0. The molecule has 1 aromatic carbocycles. The molecule has 0 spiro atoms. The van der Waals surface area contributed by atoms with Crippen LogP contribution in [-0.4, -0.2) is 43.2 Å². The standard InChI is InChI=1S/C16H22N2O4/c1-3-22-15(19)13-9-6-7-11-18(13)16(20)17-12-8-4-5-10-14(12)21-2/h4-5,8,10,13H,3,6-7,9,11H2,1-2H3,(H,17,20). The van der Waals surface area contributed by atoms with E-state index in [1.807, 2.05) is 12.1 Å². The Labute approximate surface area is 130 Å². The quantitative estimate of drug-likeness (QED) is 0.868. The number of nitrogens with zero attached hydrogens (tertiary/aromatic N) is 1. The molecule has 22 heavy (non-hydrogen) atoms. The van der Waals surface area contributed by atoms with Crippen LogP contribution >= 0.6 is 0 Å². The number of carbonyl (C=O) groups excluding carboxylic acids is 2. The lowest BCUT2D eigenvalue weighted by molar-refractivity contribution is -0.149. The summed E-state index contributed by atoms with van der Waals surface area (Å²) in [6.45, 7) is 2.63. The molecule has 6 nitrogen and oxygen atoms in total. The van der Waals surface area contributed by atoms with Gasteiger partial charge in [0.1, 0.15) is 11.8 Å². The maximum Gasteiger partial charge on any atom is 0.328 e. The zero-order chi connectivity index (χ0) is 15.9. The van der Waals surface area contributed by atoms with Gasteiger partial charge in [0, 0.05) is 6.54 Å². The Hall–Kier alpha value is -2.24. The molecule has 1 aliphatic heterocycles. The number of hydrogen-bond donors (Lipinski definition) is 1. The number of carbonyl (C=O) groups is 2. The molecule has 1 atom stereocenters. The molecule has 0 bridgehead atoms. The van der Waals surface area contributed by atoms with E-state index in [9.17, 15) is 9.59 Å². The molecular weight excluding hydrogens is 284 g/mol. The average Bonchev–Trinajstić information content (AvgIpc) is 2.55. The molecule has 6 heteroatoms. The topological polar surface area (TPSA) is 67.9 Å². The molecule has 0 saturated carbocycles. The van der Waals surface area contributed by atoms with E-state index in [2.05, 4.69) is 5.32 Å². The van der Waals surface area contributed by atoms with Gasteiger partial charge in [0.05, 0.1) is 19.4 Å². The first-order valence-corrected chi connectivity index (χ1v) is 7.54. The van der Waals surface area contributed by atoms with Gasteiger partial charge in [-0.3, -0.25) is 0 Å². The number of likely N-dealkylation sites (tertiary alicyclic amines) is 1. The van der Waals surface area contributed by atoms with Gasteiger partial charge in [-0.1, -0.05) is 12.1 Å². The van der Waals surface area contributed by atoms with Crippen molar-refractivity contribution in [2.24, 2.45) is 0 Å². The highest BCUT2D eigenvalue weighted by Gasteiger charge is 2.33. The maximum absolute atomic E-state index is 12.5. The number of amides is 2. The van der Waals surface area contributed by atoms with Crippen molar-refractivity contribution in [3.8, 4) is 5.75 Å². The van der Waals surface area contributed by atoms with Crippen LogP contribution in [0.3, 0.4) is 0 Å². The first kappa shape index (κ1) is 16.1. The van der Waals surface area contributed by atoms with Crippen molar-refractivity contribution in [2.75, 3.05) is 25.6 Å². The second-order valence-corrected chi connectivity index (χ2v) is 5.09. The highest BCUT2D eigenvalue weighted by Crippen LogP contribution is 2.25. The van der Waals surface area contributed by atoms with Crippen molar-refractivity contribution in [2.45, 2.75) is 32.2 Å². The molecule has 1 unspecified atom stereocenters. The van der Waals surface area contributed by atoms with Gasteiger partial charge >= 0.3 is 12.0 Å². The minimum absolute atomic E-state index is 0.303. The van der Waals surface area contributed by atoms with E-state index in [-0.39, 0.29) is 12.0 Å². The van der Waals surface area contributed by atoms with Crippen LogP contribution < -0.4 is 10.1 Å². The van der Waals surface area contributed by atoms with Crippen molar-refractivity contribution in [3.05, 3.63) is 24.3 Å². The molecule has 0 aliphatic carbocycles. The van der Waals surface area contributed by atoms with Gasteiger partial charge in [-0.25, -0.2) is 9.59 Å². The molecule has 120 valence electrons. The number of benzene rings is 1. The highest BCUT2D eigenvalue weighted by molar-refractivity contribution is 5.94. The summed E-state index contributed by atoms with van der Waals surface area (Å²) in [6.07, 6.45) is 2.44. The molecule has 0 aromatic heterocycles. The van der Waals surface area contributed by atoms with E-state index in [0.717, 1.165) is 12.8 Å². The second kappa shape index (κ2) is 7.68. The fourth-order valence-electron chi connectivity index (χ4n) is 2.59. The third-order valence-corrected chi connectivity index (χ3v) is 3.67. The molecule has 2 rings (SSSR count). The van der Waals surface area contributed by atoms with Gasteiger partial charge in [-0.05, 0) is 38.3 Å². The van der Waals surface area contributed by atoms with Crippen molar-refractivity contribution in [1.29, 1.82) is 0 Å². The number of piperidine rings is 1. The summed E-state index contributed by atoms with van der Waals surface area (Å²) in [5.74, 6) is 0.248. The number of ether oxygens (including phenoxy) is 2. The molecule has 1 heterocycles. The summed E-state index contributed by atoms with van der Waals surface area (Å²) in [6, 6.07) is 6.37. The minimum Gasteiger partial charge on any atom is -0.495 e. The molecular formula is C16H22N2O4. The fraction of sp³-hybridized carbons (Fsp3) is 0.500. The van der Waals surface area contributed by atoms with E-state index in [1.54, 1.807) is 31.1 Å². The normalized spacial score (nSPS) is 17.7. The maximum atomic E-state index is 12.5. The lowest BCUT2D eigenvalue weighted by atomic mass is 10.0. The zero-order valence-electron chi connectivity index (χ0n) is 13.0. The smallest absolute Gasteiger partial charge is 0.328 e. The number of urea groups is 1. The number of methoxy groups -OCH3 is 1. The van der Waals surface area contributed by atoms with E-state index in [4.69, 9.17) is 9.47 Å². The molecule has 1 saturated heterocycles.